The highest BCUT2D eigenvalue weighted by Crippen LogP contribution is 2.18. The van der Waals surface area contributed by atoms with Gasteiger partial charge >= 0.3 is 11.9 Å². The summed E-state index contributed by atoms with van der Waals surface area (Å²) in [6.07, 6.45) is 2.39. The van der Waals surface area contributed by atoms with Crippen molar-refractivity contribution in [3.05, 3.63) is 53.5 Å². The molecule has 3 rings (SSSR count). The molecule has 27 heavy (non-hydrogen) atoms. The van der Waals surface area contributed by atoms with Crippen LogP contribution in [0.3, 0.4) is 0 Å². The van der Waals surface area contributed by atoms with Crippen LogP contribution in [0.15, 0.2) is 41.0 Å². The van der Waals surface area contributed by atoms with Crippen molar-refractivity contribution in [2.45, 2.75) is 25.6 Å². The number of hydrogen-bond acceptors (Lipinski definition) is 7. The number of amides is 1. The third kappa shape index (κ3) is 4.53. The van der Waals surface area contributed by atoms with Crippen molar-refractivity contribution in [1.82, 2.24) is 0 Å². The van der Waals surface area contributed by atoms with Crippen LogP contribution in [-0.4, -0.2) is 37.7 Å². The van der Waals surface area contributed by atoms with Gasteiger partial charge < -0.3 is 23.9 Å². The smallest absolute Gasteiger partial charge is 0.374 e. The van der Waals surface area contributed by atoms with Crippen LogP contribution in [0.1, 0.15) is 39.3 Å². The van der Waals surface area contributed by atoms with E-state index in [1.54, 1.807) is 18.2 Å². The van der Waals surface area contributed by atoms with Crippen LogP contribution in [0.5, 0.6) is 0 Å². The highest BCUT2D eigenvalue weighted by molar-refractivity contribution is 5.96. The molecule has 0 aliphatic carbocycles. The van der Waals surface area contributed by atoms with E-state index in [2.05, 4.69) is 10.1 Å². The Labute approximate surface area is 155 Å². The van der Waals surface area contributed by atoms with Crippen molar-refractivity contribution in [2.24, 2.45) is 0 Å². The van der Waals surface area contributed by atoms with Gasteiger partial charge in [0.05, 0.1) is 18.9 Å². The van der Waals surface area contributed by atoms with Gasteiger partial charge in [0.2, 0.25) is 5.76 Å². The second-order valence-electron chi connectivity index (χ2n) is 5.91. The van der Waals surface area contributed by atoms with Gasteiger partial charge in [-0.15, -0.1) is 0 Å². The number of rotatable bonds is 6. The summed E-state index contributed by atoms with van der Waals surface area (Å²) in [4.78, 5) is 35.9. The molecule has 8 nitrogen and oxygen atoms in total. The minimum Gasteiger partial charge on any atom is -0.463 e. The minimum atomic E-state index is -0.648. The van der Waals surface area contributed by atoms with Crippen molar-refractivity contribution in [2.75, 3.05) is 19.0 Å². The van der Waals surface area contributed by atoms with Gasteiger partial charge in [0.1, 0.15) is 12.7 Å². The van der Waals surface area contributed by atoms with E-state index in [1.807, 2.05) is 0 Å². The molecule has 0 radical (unpaired) electrons. The molecule has 2 aromatic rings. The van der Waals surface area contributed by atoms with E-state index in [4.69, 9.17) is 13.9 Å². The summed E-state index contributed by atoms with van der Waals surface area (Å²) in [7, 11) is 1.23. The first-order chi connectivity index (χ1) is 13.1. The molecule has 1 aromatic heterocycles. The molecule has 1 aliphatic rings. The maximum Gasteiger partial charge on any atom is 0.374 e. The lowest BCUT2D eigenvalue weighted by Crippen LogP contribution is -2.26. The van der Waals surface area contributed by atoms with E-state index in [9.17, 15) is 14.4 Å². The molecular formula is C19H19NO7. The van der Waals surface area contributed by atoms with Crippen molar-refractivity contribution in [3.63, 3.8) is 0 Å². The van der Waals surface area contributed by atoms with E-state index in [-0.39, 0.29) is 23.8 Å². The SMILES string of the molecule is COC(=O)c1occc1COC(=O)c1cccc(NC(=O)[C@H]2CCCO2)c1. The predicted molar refractivity (Wildman–Crippen MR) is 93.2 cm³/mol. The zero-order valence-electron chi connectivity index (χ0n) is 14.7. The number of methoxy groups -OCH3 is 1. The molecular weight excluding hydrogens is 354 g/mol. The molecule has 1 N–H and O–H groups in total. The Balaban J connectivity index is 1.61. The van der Waals surface area contributed by atoms with Crippen LogP contribution in [0.25, 0.3) is 0 Å². The monoisotopic (exact) mass is 373 g/mol. The summed E-state index contributed by atoms with van der Waals surface area (Å²) in [6, 6.07) is 7.93. The van der Waals surface area contributed by atoms with Crippen LogP contribution in [0.4, 0.5) is 5.69 Å². The number of hydrogen-bond donors (Lipinski definition) is 1. The van der Waals surface area contributed by atoms with E-state index < -0.39 is 18.0 Å². The summed E-state index contributed by atoms with van der Waals surface area (Å²) >= 11 is 0. The van der Waals surface area contributed by atoms with E-state index >= 15 is 0 Å². The maximum absolute atomic E-state index is 12.3. The lowest BCUT2D eigenvalue weighted by Gasteiger charge is -2.11. The van der Waals surface area contributed by atoms with Crippen LogP contribution in [0, 0.1) is 0 Å². The zero-order chi connectivity index (χ0) is 19.2. The lowest BCUT2D eigenvalue weighted by atomic mass is 10.2. The number of carbonyl (C=O) groups excluding carboxylic acids is 3. The molecule has 142 valence electrons. The van der Waals surface area contributed by atoms with Crippen LogP contribution >= 0.6 is 0 Å². The number of nitrogens with one attached hydrogen (secondary N) is 1. The molecule has 2 heterocycles. The van der Waals surface area contributed by atoms with Crippen LogP contribution in [-0.2, 0) is 25.6 Å². The number of benzene rings is 1. The molecule has 0 saturated carbocycles. The predicted octanol–water partition coefficient (Wildman–Crippen LogP) is 2.54. The van der Waals surface area contributed by atoms with Gasteiger partial charge in [-0.1, -0.05) is 6.07 Å². The first-order valence-corrected chi connectivity index (χ1v) is 8.43. The third-order valence-electron chi connectivity index (χ3n) is 4.06. The molecule has 0 spiro atoms. The van der Waals surface area contributed by atoms with Crippen LogP contribution in [0.2, 0.25) is 0 Å². The fourth-order valence-electron chi connectivity index (χ4n) is 2.68. The first-order valence-electron chi connectivity index (χ1n) is 8.43. The Morgan fingerprint density at radius 1 is 1.22 bits per heavy atom. The zero-order valence-corrected chi connectivity index (χ0v) is 14.7. The van der Waals surface area contributed by atoms with Gasteiger partial charge in [0.25, 0.3) is 5.91 Å². The summed E-state index contributed by atoms with van der Waals surface area (Å²) in [6.45, 7) is 0.429. The van der Waals surface area contributed by atoms with Crippen LogP contribution < -0.4 is 5.32 Å². The Bertz CT molecular complexity index is 836. The molecule has 1 aliphatic heterocycles. The Kier molecular flexibility index (Phi) is 5.87. The molecule has 0 bridgehead atoms. The molecule has 1 atom stereocenters. The topological polar surface area (TPSA) is 104 Å². The lowest BCUT2D eigenvalue weighted by molar-refractivity contribution is -0.124. The average molecular weight is 373 g/mol. The van der Waals surface area contributed by atoms with Gasteiger partial charge in [-0.25, -0.2) is 9.59 Å². The minimum absolute atomic E-state index is 0.0112. The summed E-state index contributed by atoms with van der Waals surface area (Å²) < 4.78 is 20.2. The molecule has 0 unspecified atom stereocenters. The average Bonchev–Trinajstić information content (AvgIpc) is 3.37. The van der Waals surface area contributed by atoms with Crippen molar-refractivity contribution in [3.8, 4) is 0 Å². The molecule has 1 fully saturated rings. The standard InChI is InChI=1S/C19H19NO7/c1-24-19(23)16-13(7-9-26-16)11-27-18(22)12-4-2-5-14(10-12)20-17(21)15-6-3-8-25-15/h2,4-5,7,9-10,15H,3,6,8,11H2,1H3,(H,20,21)/t15-/m1/s1. The number of furan rings is 1. The maximum atomic E-state index is 12.3. The van der Waals surface area contributed by atoms with Crippen molar-refractivity contribution >= 4 is 23.5 Å². The van der Waals surface area contributed by atoms with E-state index in [0.717, 1.165) is 6.42 Å². The number of esters is 2. The Hall–Kier alpha value is -3.13. The normalized spacial score (nSPS) is 16.0. The Morgan fingerprint density at radius 3 is 2.81 bits per heavy atom. The van der Waals surface area contributed by atoms with E-state index in [1.165, 1.54) is 25.5 Å². The quantitative estimate of drug-likeness (QED) is 0.776. The Morgan fingerprint density at radius 2 is 2.07 bits per heavy atom. The summed E-state index contributed by atoms with van der Waals surface area (Å²) in [5.74, 6) is -1.49. The third-order valence-corrected chi connectivity index (χ3v) is 4.06. The molecule has 1 aromatic carbocycles. The number of ether oxygens (including phenoxy) is 3. The molecule has 1 amide bonds. The largest absolute Gasteiger partial charge is 0.463 e. The van der Waals surface area contributed by atoms with Gasteiger partial charge in [-0.2, -0.15) is 0 Å². The second-order valence-corrected chi connectivity index (χ2v) is 5.91. The molecule has 1 saturated heterocycles. The summed E-state index contributed by atoms with van der Waals surface area (Å²) in [5, 5.41) is 2.73. The van der Waals surface area contributed by atoms with Gasteiger partial charge in [0.15, 0.2) is 0 Å². The highest BCUT2D eigenvalue weighted by Gasteiger charge is 2.24. The number of carbonyl (C=O) groups is 3. The second kappa shape index (κ2) is 8.50. The highest BCUT2D eigenvalue weighted by atomic mass is 16.5. The first kappa shape index (κ1) is 18.7. The fourth-order valence-corrected chi connectivity index (χ4v) is 2.68. The van der Waals surface area contributed by atoms with Gasteiger partial charge in [-0.3, -0.25) is 4.79 Å². The molecule has 8 heteroatoms. The van der Waals surface area contributed by atoms with Gasteiger partial charge in [-0.05, 0) is 37.1 Å². The number of anilines is 1. The van der Waals surface area contributed by atoms with Gasteiger partial charge in [0, 0.05) is 17.9 Å². The fraction of sp³-hybridized carbons (Fsp3) is 0.316. The van der Waals surface area contributed by atoms with Crippen molar-refractivity contribution in [1.29, 1.82) is 0 Å². The van der Waals surface area contributed by atoms with E-state index in [0.29, 0.717) is 24.3 Å². The summed E-state index contributed by atoms with van der Waals surface area (Å²) in [5.41, 5.74) is 1.14. The van der Waals surface area contributed by atoms with Crippen molar-refractivity contribution < 1.29 is 33.0 Å².